The molecule has 0 bridgehead atoms. The summed E-state index contributed by atoms with van der Waals surface area (Å²) in [7, 11) is 1.11. The van der Waals surface area contributed by atoms with E-state index < -0.39 is 17.5 Å². The number of hydrogen-bond donors (Lipinski definition) is 1. The first-order chi connectivity index (χ1) is 7.04. The van der Waals surface area contributed by atoms with Gasteiger partial charge in [0.25, 0.3) is 0 Å². The maximum atomic E-state index is 11.4. The zero-order valence-electron chi connectivity index (χ0n) is 8.31. The summed E-state index contributed by atoms with van der Waals surface area (Å²) in [6, 6.07) is 3.06. The van der Waals surface area contributed by atoms with Crippen molar-refractivity contribution < 1.29 is 23.8 Å². The molecule has 1 heterocycles. The number of allylic oxidation sites excluding steroid dienone is 1. The van der Waals surface area contributed by atoms with Crippen LogP contribution in [0, 0.1) is 6.92 Å². The summed E-state index contributed by atoms with van der Waals surface area (Å²) in [6.07, 6.45) is 0.754. The molecular weight excluding hydrogens is 200 g/mol. The maximum Gasteiger partial charge on any atom is 0.373 e. The molecular formula is C10H10O5. The van der Waals surface area contributed by atoms with Gasteiger partial charge in [-0.15, -0.1) is 0 Å². The largest absolute Gasteiger partial charge is 0.502 e. The molecule has 1 aromatic rings. The van der Waals surface area contributed by atoms with Crippen LogP contribution in [0.15, 0.2) is 28.4 Å². The van der Waals surface area contributed by atoms with Crippen LogP contribution in [0.1, 0.15) is 16.3 Å². The Morgan fingerprint density at radius 2 is 2.13 bits per heavy atom. The van der Waals surface area contributed by atoms with Gasteiger partial charge in [0, 0.05) is 6.08 Å². The fourth-order valence-electron chi connectivity index (χ4n) is 0.926. The van der Waals surface area contributed by atoms with Crippen LogP contribution >= 0.6 is 0 Å². The topological polar surface area (TPSA) is 76.7 Å². The van der Waals surface area contributed by atoms with Gasteiger partial charge in [-0.1, -0.05) is 0 Å². The van der Waals surface area contributed by atoms with Gasteiger partial charge in [-0.3, -0.25) is 4.79 Å². The molecule has 0 spiro atoms. The van der Waals surface area contributed by atoms with Crippen molar-refractivity contribution in [3.8, 4) is 0 Å². The van der Waals surface area contributed by atoms with Gasteiger partial charge in [0.2, 0.25) is 11.5 Å². The number of ketones is 1. The van der Waals surface area contributed by atoms with Crippen molar-refractivity contribution in [2.45, 2.75) is 6.92 Å². The molecule has 1 aromatic heterocycles. The van der Waals surface area contributed by atoms with Gasteiger partial charge in [-0.25, -0.2) is 4.79 Å². The third kappa shape index (κ3) is 2.70. The molecule has 5 heteroatoms. The smallest absolute Gasteiger partial charge is 0.373 e. The summed E-state index contributed by atoms with van der Waals surface area (Å²) in [6.45, 7) is 1.68. The number of aliphatic hydroxyl groups excluding tert-OH is 1. The number of furan rings is 1. The van der Waals surface area contributed by atoms with E-state index in [2.05, 4.69) is 4.74 Å². The minimum atomic E-state index is -0.966. The molecule has 1 rings (SSSR count). The van der Waals surface area contributed by atoms with Crippen LogP contribution in [0.5, 0.6) is 0 Å². The van der Waals surface area contributed by atoms with E-state index in [-0.39, 0.29) is 5.76 Å². The van der Waals surface area contributed by atoms with E-state index in [1.54, 1.807) is 13.0 Å². The molecule has 0 amide bonds. The Morgan fingerprint density at radius 1 is 1.47 bits per heavy atom. The number of esters is 1. The molecule has 80 valence electrons. The molecule has 0 aliphatic heterocycles. The minimum Gasteiger partial charge on any atom is -0.502 e. The second kappa shape index (κ2) is 4.45. The van der Waals surface area contributed by atoms with Gasteiger partial charge in [0.1, 0.15) is 5.76 Å². The van der Waals surface area contributed by atoms with Gasteiger partial charge >= 0.3 is 5.97 Å². The third-order valence-electron chi connectivity index (χ3n) is 1.65. The van der Waals surface area contributed by atoms with Crippen LogP contribution in [0.4, 0.5) is 0 Å². The van der Waals surface area contributed by atoms with Crippen LogP contribution in [-0.2, 0) is 9.53 Å². The van der Waals surface area contributed by atoms with Crippen molar-refractivity contribution in [2.75, 3.05) is 7.11 Å². The number of ether oxygens (including phenoxy) is 1. The molecule has 0 fully saturated rings. The lowest BCUT2D eigenvalue weighted by Gasteiger charge is -1.95. The number of rotatable bonds is 3. The number of carbonyl (C=O) groups excluding carboxylic acids is 2. The van der Waals surface area contributed by atoms with Crippen LogP contribution in [0.25, 0.3) is 0 Å². The first-order valence-corrected chi connectivity index (χ1v) is 4.14. The molecule has 0 aliphatic carbocycles. The second-order valence-electron chi connectivity index (χ2n) is 2.80. The Morgan fingerprint density at radius 3 is 2.60 bits per heavy atom. The van der Waals surface area contributed by atoms with Gasteiger partial charge in [0.15, 0.2) is 5.76 Å². The standard InChI is InChI=1S/C10H10O5/c1-6-3-4-9(15-6)7(11)5-8(12)10(13)14-2/h3-5,12H,1-2H3/b8-5-. The Hall–Kier alpha value is -2.04. The highest BCUT2D eigenvalue weighted by Gasteiger charge is 2.13. The molecule has 1 N–H and O–H groups in total. The van der Waals surface area contributed by atoms with Crippen LogP contribution in [0.3, 0.4) is 0 Å². The van der Waals surface area contributed by atoms with Crippen molar-refractivity contribution in [1.29, 1.82) is 0 Å². The number of carbonyl (C=O) groups is 2. The Balaban J connectivity index is 2.83. The van der Waals surface area contributed by atoms with Gasteiger partial charge in [0.05, 0.1) is 7.11 Å². The van der Waals surface area contributed by atoms with Crippen molar-refractivity contribution in [3.05, 3.63) is 35.5 Å². The second-order valence-corrected chi connectivity index (χ2v) is 2.80. The summed E-state index contributed by atoms with van der Waals surface area (Å²) < 4.78 is 9.22. The zero-order valence-corrected chi connectivity index (χ0v) is 8.31. The van der Waals surface area contributed by atoms with Crippen molar-refractivity contribution >= 4 is 11.8 Å². The van der Waals surface area contributed by atoms with Crippen molar-refractivity contribution in [3.63, 3.8) is 0 Å². The van der Waals surface area contributed by atoms with Crippen LogP contribution < -0.4 is 0 Å². The summed E-state index contributed by atoms with van der Waals surface area (Å²) in [4.78, 5) is 22.1. The highest BCUT2D eigenvalue weighted by Crippen LogP contribution is 2.08. The lowest BCUT2D eigenvalue weighted by atomic mass is 10.2. The number of methoxy groups -OCH3 is 1. The first kappa shape index (κ1) is 11.0. The number of aliphatic hydroxyl groups is 1. The summed E-state index contributed by atoms with van der Waals surface area (Å²) in [5.74, 6) is -1.68. The van der Waals surface area contributed by atoms with Crippen molar-refractivity contribution in [1.82, 2.24) is 0 Å². The molecule has 0 aromatic carbocycles. The van der Waals surface area contributed by atoms with E-state index in [1.807, 2.05) is 0 Å². The van der Waals surface area contributed by atoms with E-state index in [4.69, 9.17) is 9.52 Å². The SMILES string of the molecule is COC(=O)/C(O)=C/C(=O)c1ccc(C)o1. The van der Waals surface area contributed by atoms with Gasteiger partial charge < -0.3 is 14.3 Å². The monoisotopic (exact) mass is 210 g/mol. The summed E-state index contributed by atoms with van der Waals surface area (Å²) in [5, 5.41) is 9.08. The fraction of sp³-hybridized carbons (Fsp3) is 0.200. The molecule has 0 saturated carbocycles. The molecule has 0 saturated heterocycles. The highest BCUT2D eigenvalue weighted by atomic mass is 16.5. The number of hydrogen-bond acceptors (Lipinski definition) is 5. The highest BCUT2D eigenvalue weighted by molar-refractivity contribution is 6.06. The fourth-order valence-corrected chi connectivity index (χ4v) is 0.926. The molecule has 0 radical (unpaired) electrons. The molecule has 0 unspecified atom stereocenters. The third-order valence-corrected chi connectivity index (χ3v) is 1.65. The zero-order chi connectivity index (χ0) is 11.4. The van der Waals surface area contributed by atoms with E-state index in [0.717, 1.165) is 13.2 Å². The van der Waals surface area contributed by atoms with E-state index >= 15 is 0 Å². The average molecular weight is 210 g/mol. The van der Waals surface area contributed by atoms with E-state index in [9.17, 15) is 9.59 Å². The molecule has 0 atom stereocenters. The normalized spacial score (nSPS) is 11.2. The Kier molecular flexibility index (Phi) is 3.28. The van der Waals surface area contributed by atoms with Crippen LogP contribution in [-0.4, -0.2) is 24.0 Å². The quantitative estimate of drug-likeness (QED) is 0.353. The predicted molar refractivity (Wildman–Crippen MR) is 50.5 cm³/mol. The lowest BCUT2D eigenvalue weighted by molar-refractivity contribution is -0.139. The molecule has 0 aliphatic rings. The summed E-state index contributed by atoms with van der Waals surface area (Å²) in [5.41, 5.74) is 0. The van der Waals surface area contributed by atoms with Crippen LogP contribution in [0.2, 0.25) is 0 Å². The van der Waals surface area contributed by atoms with Gasteiger partial charge in [-0.05, 0) is 19.1 Å². The summed E-state index contributed by atoms with van der Waals surface area (Å²) >= 11 is 0. The predicted octanol–water partition coefficient (Wildman–Crippen LogP) is 1.39. The van der Waals surface area contributed by atoms with E-state index in [0.29, 0.717) is 5.76 Å². The first-order valence-electron chi connectivity index (χ1n) is 4.14. The Labute approximate surface area is 86.0 Å². The van der Waals surface area contributed by atoms with E-state index in [1.165, 1.54) is 6.07 Å². The lowest BCUT2D eigenvalue weighted by Crippen LogP contribution is -2.06. The van der Waals surface area contributed by atoms with Gasteiger partial charge in [-0.2, -0.15) is 0 Å². The number of aryl methyl sites for hydroxylation is 1. The van der Waals surface area contributed by atoms with Crippen molar-refractivity contribution in [2.24, 2.45) is 0 Å². The maximum absolute atomic E-state index is 11.4. The average Bonchev–Trinajstić information content (AvgIpc) is 2.63. The minimum absolute atomic E-state index is 0.0583. The molecule has 5 nitrogen and oxygen atoms in total. The molecule has 15 heavy (non-hydrogen) atoms. The Bertz CT molecular complexity index is 413.